The van der Waals surface area contributed by atoms with Gasteiger partial charge < -0.3 is 19.9 Å². The van der Waals surface area contributed by atoms with Crippen LogP contribution in [-0.4, -0.2) is 36.4 Å². The Kier molecular flexibility index (Phi) is 7.03. The number of esters is 1. The summed E-state index contributed by atoms with van der Waals surface area (Å²) in [6, 6.07) is 1.87. The lowest BCUT2D eigenvalue weighted by Crippen LogP contribution is -2.33. The van der Waals surface area contributed by atoms with E-state index in [9.17, 15) is 14.7 Å². The molecule has 0 aliphatic rings. The van der Waals surface area contributed by atoms with Crippen molar-refractivity contribution in [3.63, 3.8) is 0 Å². The van der Waals surface area contributed by atoms with Crippen LogP contribution in [0.1, 0.15) is 43.0 Å². The minimum atomic E-state index is -0.541. The molecule has 0 radical (unpaired) electrons. The van der Waals surface area contributed by atoms with Gasteiger partial charge in [0.25, 0.3) is 0 Å². The molecule has 6 heteroatoms. The minimum absolute atomic E-state index is 0.126. The number of carbonyl (C=O) groups is 2. The van der Waals surface area contributed by atoms with Gasteiger partial charge in [-0.05, 0) is 63.8 Å². The second kappa shape index (κ2) is 8.55. The number of nitrogens with one attached hydrogen (secondary N) is 1. The van der Waals surface area contributed by atoms with Crippen LogP contribution in [0.2, 0.25) is 0 Å². The number of carbonyl (C=O) groups excluding carboxylic acids is 2. The highest BCUT2D eigenvalue weighted by Crippen LogP contribution is 2.29. The van der Waals surface area contributed by atoms with Gasteiger partial charge in [0.2, 0.25) is 0 Å². The van der Waals surface area contributed by atoms with Gasteiger partial charge in [0.1, 0.15) is 11.4 Å². The van der Waals surface area contributed by atoms with E-state index < -0.39 is 17.7 Å². The first kappa shape index (κ1) is 20.5. The summed E-state index contributed by atoms with van der Waals surface area (Å²) in [5.41, 5.74) is 2.53. The van der Waals surface area contributed by atoms with Crippen LogP contribution in [0.3, 0.4) is 0 Å². The van der Waals surface area contributed by atoms with Crippen LogP contribution in [0.4, 0.5) is 4.79 Å². The SMILES string of the molecule is COC(=O)/C=C/c1c(C)c(CCNC(=O)OC(C)(C)C)cc(C)c1O. The number of ether oxygens (including phenoxy) is 2. The molecule has 0 aliphatic carbocycles. The van der Waals surface area contributed by atoms with Gasteiger partial charge in [0.15, 0.2) is 0 Å². The molecular weight excluding hydrogens is 322 g/mol. The fraction of sp³-hybridized carbons (Fsp3) is 0.474. The van der Waals surface area contributed by atoms with Crippen LogP contribution >= 0.6 is 0 Å². The third-order valence-electron chi connectivity index (χ3n) is 3.55. The Morgan fingerprint density at radius 1 is 1.28 bits per heavy atom. The fourth-order valence-corrected chi connectivity index (χ4v) is 2.30. The van der Waals surface area contributed by atoms with Crippen molar-refractivity contribution in [1.82, 2.24) is 5.32 Å². The quantitative estimate of drug-likeness (QED) is 0.629. The Labute approximate surface area is 148 Å². The van der Waals surface area contributed by atoms with E-state index in [1.54, 1.807) is 27.7 Å². The molecule has 138 valence electrons. The normalized spacial score (nSPS) is 11.4. The summed E-state index contributed by atoms with van der Waals surface area (Å²) in [7, 11) is 1.30. The van der Waals surface area contributed by atoms with Gasteiger partial charge in [-0.25, -0.2) is 9.59 Å². The van der Waals surface area contributed by atoms with E-state index in [1.165, 1.54) is 19.3 Å². The molecule has 1 rings (SSSR count). The number of phenolic OH excluding ortho intramolecular Hbond substituents is 1. The van der Waals surface area contributed by atoms with E-state index in [4.69, 9.17) is 4.74 Å². The molecule has 0 saturated heterocycles. The van der Waals surface area contributed by atoms with Crippen molar-refractivity contribution in [2.24, 2.45) is 0 Å². The number of phenols is 1. The lowest BCUT2D eigenvalue weighted by atomic mass is 9.95. The molecule has 0 bridgehead atoms. The van der Waals surface area contributed by atoms with E-state index in [2.05, 4.69) is 10.1 Å². The Balaban J connectivity index is 2.87. The molecule has 0 fully saturated rings. The highest BCUT2D eigenvalue weighted by Gasteiger charge is 2.16. The average molecular weight is 349 g/mol. The highest BCUT2D eigenvalue weighted by molar-refractivity contribution is 5.88. The van der Waals surface area contributed by atoms with Crippen molar-refractivity contribution in [3.05, 3.63) is 34.4 Å². The van der Waals surface area contributed by atoms with Crippen LogP contribution in [0, 0.1) is 13.8 Å². The second-order valence-electron chi connectivity index (χ2n) is 6.78. The molecule has 25 heavy (non-hydrogen) atoms. The van der Waals surface area contributed by atoms with Gasteiger partial charge in [-0.15, -0.1) is 0 Å². The molecule has 0 saturated carbocycles. The summed E-state index contributed by atoms with van der Waals surface area (Å²) in [5, 5.41) is 12.9. The molecule has 6 nitrogen and oxygen atoms in total. The second-order valence-corrected chi connectivity index (χ2v) is 6.78. The lowest BCUT2D eigenvalue weighted by molar-refractivity contribution is -0.134. The smallest absolute Gasteiger partial charge is 0.407 e. The third-order valence-corrected chi connectivity index (χ3v) is 3.55. The lowest BCUT2D eigenvalue weighted by Gasteiger charge is -2.20. The molecule has 0 atom stereocenters. The molecule has 1 amide bonds. The summed E-state index contributed by atoms with van der Waals surface area (Å²) in [6.07, 6.45) is 2.91. The Bertz CT molecular complexity index is 671. The summed E-state index contributed by atoms with van der Waals surface area (Å²) < 4.78 is 9.77. The summed E-state index contributed by atoms with van der Waals surface area (Å²) in [4.78, 5) is 23.0. The van der Waals surface area contributed by atoms with E-state index >= 15 is 0 Å². The van der Waals surface area contributed by atoms with Crippen molar-refractivity contribution < 1.29 is 24.2 Å². The van der Waals surface area contributed by atoms with E-state index in [0.29, 0.717) is 24.1 Å². The molecule has 0 aliphatic heterocycles. The monoisotopic (exact) mass is 349 g/mol. The Hall–Kier alpha value is -2.50. The minimum Gasteiger partial charge on any atom is -0.507 e. The molecule has 2 N–H and O–H groups in total. The van der Waals surface area contributed by atoms with Gasteiger partial charge in [-0.1, -0.05) is 6.07 Å². The predicted molar refractivity (Wildman–Crippen MR) is 96.6 cm³/mol. The topological polar surface area (TPSA) is 84.9 Å². The van der Waals surface area contributed by atoms with Crippen molar-refractivity contribution >= 4 is 18.1 Å². The van der Waals surface area contributed by atoms with E-state index in [-0.39, 0.29) is 5.75 Å². The molecule has 1 aromatic rings. The maximum Gasteiger partial charge on any atom is 0.407 e. The number of hydrogen-bond acceptors (Lipinski definition) is 5. The van der Waals surface area contributed by atoms with Crippen LogP contribution in [0.5, 0.6) is 5.75 Å². The van der Waals surface area contributed by atoms with Gasteiger partial charge in [0, 0.05) is 18.2 Å². The van der Waals surface area contributed by atoms with Crippen LogP contribution in [-0.2, 0) is 20.7 Å². The number of hydrogen-bond donors (Lipinski definition) is 2. The van der Waals surface area contributed by atoms with E-state index in [0.717, 1.165) is 11.1 Å². The van der Waals surface area contributed by atoms with E-state index in [1.807, 2.05) is 13.0 Å². The zero-order valence-electron chi connectivity index (χ0n) is 15.7. The molecule has 0 heterocycles. The van der Waals surface area contributed by atoms with Crippen molar-refractivity contribution in [2.45, 2.75) is 46.6 Å². The van der Waals surface area contributed by atoms with Crippen molar-refractivity contribution in [1.29, 1.82) is 0 Å². The predicted octanol–water partition coefficient (Wildman–Crippen LogP) is 3.26. The number of methoxy groups -OCH3 is 1. The first-order valence-electron chi connectivity index (χ1n) is 8.10. The third kappa shape index (κ3) is 6.49. The molecular formula is C19H27NO5. The van der Waals surface area contributed by atoms with Gasteiger partial charge >= 0.3 is 12.1 Å². The number of alkyl carbamates (subject to hydrolysis) is 1. The Morgan fingerprint density at radius 3 is 2.48 bits per heavy atom. The fourth-order valence-electron chi connectivity index (χ4n) is 2.30. The van der Waals surface area contributed by atoms with Crippen molar-refractivity contribution in [3.8, 4) is 5.75 Å². The molecule has 0 unspecified atom stereocenters. The largest absolute Gasteiger partial charge is 0.507 e. The summed E-state index contributed by atoms with van der Waals surface area (Å²) >= 11 is 0. The standard InChI is InChI=1S/C19H27NO5/c1-12-11-14(9-10-20-18(23)25-19(3,4)5)13(2)15(17(12)22)7-8-16(21)24-6/h7-8,11,22H,9-10H2,1-6H3,(H,20,23)/b8-7+. The van der Waals surface area contributed by atoms with Crippen LogP contribution in [0.25, 0.3) is 6.08 Å². The maximum absolute atomic E-state index is 11.7. The number of amides is 1. The summed E-state index contributed by atoms with van der Waals surface area (Å²) in [5.74, 6) is -0.366. The van der Waals surface area contributed by atoms with Gasteiger partial charge in [-0.2, -0.15) is 0 Å². The molecule has 1 aromatic carbocycles. The zero-order valence-corrected chi connectivity index (χ0v) is 15.7. The van der Waals surface area contributed by atoms with Crippen LogP contribution < -0.4 is 5.32 Å². The zero-order chi connectivity index (χ0) is 19.2. The average Bonchev–Trinajstić information content (AvgIpc) is 2.50. The van der Waals surface area contributed by atoms with Crippen molar-refractivity contribution in [2.75, 3.05) is 13.7 Å². The number of aromatic hydroxyl groups is 1. The van der Waals surface area contributed by atoms with Gasteiger partial charge in [-0.3, -0.25) is 0 Å². The maximum atomic E-state index is 11.7. The highest BCUT2D eigenvalue weighted by atomic mass is 16.6. The van der Waals surface area contributed by atoms with Gasteiger partial charge in [0.05, 0.1) is 7.11 Å². The first-order valence-corrected chi connectivity index (χ1v) is 8.10. The number of aryl methyl sites for hydroxylation is 1. The Morgan fingerprint density at radius 2 is 1.92 bits per heavy atom. The molecule has 0 aromatic heterocycles. The number of benzene rings is 1. The number of rotatable bonds is 5. The van der Waals surface area contributed by atoms with Crippen LogP contribution in [0.15, 0.2) is 12.1 Å². The first-order chi connectivity index (χ1) is 11.5. The molecule has 0 spiro atoms. The summed E-state index contributed by atoms with van der Waals surface area (Å²) in [6.45, 7) is 9.47.